The van der Waals surface area contributed by atoms with E-state index < -0.39 is 0 Å². The van der Waals surface area contributed by atoms with Gasteiger partial charge in [-0.1, -0.05) is 13.8 Å². The quantitative estimate of drug-likeness (QED) is 0.266. The van der Waals surface area contributed by atoms with E-state index in [4.69, 9.17) is 10.7 Å². The van der Waals surface area contributed by atoms with Gasteiger partial charge in [-0.2, -0.15) is 5.26 Å². The molecule has 0 aliphatic rings. The zero-order valence-electron chi connectivity index (χ0n) is 8.52. The van der Waals surface area contributed by atoms with Crippen molar-refractivity contribution in [2.24, 2.45) is 5.92 Å². The fraction of sp³-hybridized carbons (Fsp3) is 0.778. The van der Waals surface area contributed by atoms with E-state index in [1.54, 1.807) is 6.19 Å². The average molecular weight is 182 g/mol. The Balaban J connectivity index is 3.56. The summed E-state index contributed by atoms with van der Waals surface area (Å²) in [4.78, 5) is 0. The first-order valence-corrected chi connectivity index (χ1v) is 4.56. The molecule has 0 radical (unpaired) electrons. The van der Waals surface area contributed by atoms with E-state index >= 15 is 0 Å². The predicted octanol–water partition coefficient (Wildman–Crippen LogP) is 1.41. The second-order valence-corrected chi connectivity index (χ2v) is 3.63. The van der Waals surface area contributed by atoms with Gasteiger partial charge in [0.15, 0.2) is 6.19 Å². The van der Waals surface area contributed by atoms with Crippen molar-refractivity contribution in [3.8, 4) is 6.19 Å². The van der Waals surface area contributed by atoms with E-state index in [9.17, 15) is 0 Å². The van der Waals surface area contributed by atoms with Crippen molar-refractivity contribution < 1.29 is 0 Å². The third-order valence-corrected chi connectivity index (χ3v) is 1.75. The van der Waals surface area contributed by atoms with Crippen LogP contribution in [-0.2, 0) is 0 Å². The van der Waals surface area contributed by atoms with Crippen molar-refractivity contribution in [3.63, 3.8) is 0 Å². The standard InChI is InChI=1S/C9H18N4/c1-7(2)4-5-8(3)13-9(11)12-6-10/h7-8H,4-5H2,1-3H3,(H3,11,12,13). The second-order valence-electron chi connectivity index (χ2n) is 3.63. The van der Waals surface area contributed by atoms with Gasteiger partial charge in [-0.25, -0.2) is 0 Å². The van der Waals surface area contributed by atoms with E-state index in [1.807, 2.05) is 6.92 Å². The Morgan fingerprint density at radius 1 is 1.38 bits per heavy atom. The molecule has 0 heterocycles. The summed E-state index contributed by atoms with van der Waals surface area (Å²) in [6.07, 6.45) is 3.85. The number of nitrogens with zero attached hydrogens (tertiary/aromatic N) is 1. The molecule has 0 aliphatic heterocycles. The van der Waals surface area contributed by atoms with Gasteiger partial charge in [-0.05, 0) is 25.7 Å². The molecular formula is C9H18N4. The molecule has 0 saturated heterocycles. The molecule has 0 aromatic rings. The molecule has 0 rings (SSSR count). The first kappa shape index (κ1) is 11.8. The fourth-order valence-electron chi connectivity index (χ4n) is 0.994. The summed E-state index contributed by atoms with van der Waals surface area (Å²) in [5, 5.41) is 20.6. The van der Waals surface area contributed by atoms with E-state index in [0.717, 1.165) is 12.8 Å². The number of hydrogen-bond donors (Lipinski definition) is 3. The molecule has 0 bridgehead atoms. The molecule has 1 atom stereocenters. The highest BCUT2D eigenvalue weighted by Crippen LogP contribution is 2.05. The molecule has 3 N–H and O–H groups in total. The van der Waals surface area contributed by atoms with E-state index in [1.165, 1.54) is 0 Å². The normalized spacial score (nSPS) is 11.9. The lowest BCUT2D eigenvalue weighted by molar-refractivity contribution is 0.490. The predicted molar refractivity (Wildman–Crippen MR) is 53.1 cm³/mol. The van der Waals surface area contributed by atoms with Crippen LogP contribution in [0.1, 0.15) is 33.6 Å². The monoisotopic (exact) mass is 182 g/mol. The van der Waals surface area contributed by atoms with E-state index in [2.05, 4.69) is 24.5 Å². The van der Waals surface area contributed by atoms with Gasteiger partial charge in [0.25, 0.3) is 0 Å². The number of rotatable bonds is 4. The Morgan fingerprint density at radius 3 is 2.46 bits per heavy atom. The summed E-state index contributed by atoms with van der Waals surface area (Å²) < 4.78 is 0. The van der Waals surface area contributed by atoms with Crippen molar-refractivity contribution in [3.05, 3.63) is 0 Å². The van der Waals surface area contributed by atoms with Crippen LogP contribution in [0.3, 0.4) is 0 Å². The Bertz CT molecular complexity index is 192. The summed E-state index contributed by atoms with van der Waals surface area (Å²) in [5.74, 6) is 0.765. The van der Waals surface area contributed by atoms with Gasteiger partial charge in [0.1, 0.15) is 0 Å². The van der Waals surface area contributed by atoms with Gasteiger partial charge < -0.3 is 5.32 Å². The molecule has 0 fully saturated rings. The summed E-state index contributed by atoms with van der Waals surface area (Å²) in [6, 6.07) is 0.246. The van der Waals surface area contributed by atoms with Crippen LogP contribution in [0.4, 0.5) is 0 Å². The molecule has 1 unspecified atom stereocenters. The third-order valence-electron chi connectivity index (χ3n) is 1.75. The summed E-state index contributed by atoms with van der Waals surface area (Å²) in [5.41, 5.74) is 0. The Morgan fingerprint density at radius 2 is 2.00 bits per heavy atom. The summed E-state index contributed by atoms with van der Waals surface area (Å²) >= 11 is 0. The van der Waals surface area contributed by atoms with Gasteiger partial charge in [0.05, 0.1) is 0 Å². The number of nitrogens with one attached hydrogen (secondary N) is 3. The van der Waals surface area contributed by atoms with Crippen LogP contribution in [-0.4, -0.2) is 12.0 Å². The van der Waals surface area contributed by atoms with Crippen LogP contribution >= 0.6 is 0 Å². The maximum atomic E-state index is 8.23. The number of nitriles is 1. The van der Waals surface area contributed by atoms with Gasteiger partial charge in [0, 0.05) is 6.04 Å². The summed E-state index contributed by atoms with van der Waals surface area (Å²) in [7, 11) is 0. The maximum absolute atomic E-state index is 8.23. The fourth-order valence-corrected chi connectivity index (χ4v) is 0.994. The smallest absolute Gasteiger partial charge is 0.202 e. The minimum Gasteiger partial charge on any atom is -0.353 e. The lowest BCUT2D eigenvalue weighted by atomic mass is 10.0. The first-order chi connectivity index (χ1) is 6.06. The van der Waals surface area contributed by atoms with Gasteiger partial charge in [-0.15, -0.1) is 0 Å². The number of hydrogen-bond acceptors (Lipinski definition) is 2. The molecule has 0 aliphatic carbocycles. The molecular weight excluding hydrogens is 164 g/mol. The lowest BCUT2D eigenvalue weighted by Gasteiger charge is -2.15. The highest BCUT2D eigenvalue weighted by Gasteiger charge is 2.04. The topological polar surface area (TPSA) is 71.7 Å². The average Bonchev–Trinajstić information content (AvgIpc) is 2.01. The second kappa shape index (κ2) is 6.30. The molecule has 74 valence electrons. The highest BCUT2D eigenvalue weighted by atomic mass is 15.1. The molecule has 4 heteroatoms. The van der Waals surface area contributed by atoms with E-state index in [0.29, 0.717) is 5.92 Å². The van der Waals surface area contributed by atoms with E-state index in [-0.39, 0.29) is 12.0 Å². The van der Waals surface area contributed by atoms with Crippen molar-refractivity contribution in [2.75, 3.05) is 0 Å². The molecule has 0 spiro atoms. The van der Waals surface area contributed by atoms with Gasteiger partial charge in [0.2, 0.25) is 5.96 Å². The molecule has 0 amide bonds. The molecule has 0 aromatic heterocycles. The minimum atomic E-state index is 0.0822. The van der Waals surface area contributed by atoms with Crippen molar-refractivity contribution in [2.45, 2.75) is 39.7 Å². The lowest BCUT2D eigenvalue weighted by Crippen LogP contribution is -2.39. The number of guanidine groups is 1. The van der Waals surface area contributed by atoms with Crippen molar-refractivity contribution >= 4 is 5.96 Å². The van der Waals surface area contributed by atoms with Gasteiger partial charge in [-0.3, -0.25) is 10.7 Å². The molecule has 4 nitrogen and oxygen atoms in total. The Hall–Kier alpha value is -1.24. The van der Waals surface area contributed by atoms with Crippen LogP contribution in [0.25, 0.3) is 0 Å². The Labute approximate surface area is 79.8 Å². The maximum Gasteiger partial charge on any atom is 0.202 e. The SMILES string of the molecule is CC(C)CCC(C)NC(=N)NC#N. The van der Waals surface area contributed by atoms with Crippen molar-refractivity contribution in [1.82, 2.24) is 10.6 Å². The van der Waals surface area contributed by atoms with Crippen LogP contribution in [0.5, 0.6) is 0 Å². The van der Waals surface area contributed by atoms with Crippen LogP contribution in [0.15, 0.2) is 0 Å². The van der Waals surface area contributed by atoms with Gasteiger partial charge >= 0.3 is 0 Å². The third kappa shape index (κ3) is 7.13. The zero-order chi connectivity index (χ0) is 10.3. The summed E-state index contributed by atoms with van der Waals surface area (Å²) in [6.45, 7) is 6.35. The van der Waals surface area contributed by atoms with Crippen LogP contribution in [0.2, 0.25) is 0 Å². The van der Waals surface area contributed by atoms with Crippen LogP contribution in [0, 0.1) is 22.8 Å². The zero-order valence-corrected chi connectivity index (χ0v) is 8.52. The Kier molecular flexibility index (Phi) is 5.69. The minimum absolute atomic E-state index is 0.0822. The van der Waals surface area contributed by atoms with Crippen LogP contribution < -0.4 is 10.6 Å². The highest BCUT2D eigenvalue weighted by molar-refractivity contribution is 5.78. The van der Waals surface area contributed by atoms with Crippen molar-refractivity contribution in [1.29, 1.82) is 10.7 Å². The molecule has 13 heavy (non-hydrogen) atoms. The first-order valence-electron chi connectivity index (χ1n) is 4.56. The largest absolute Gasteiger partial charge is 0.353 e. The molecule has 0 aromatic carbocycles. The molecule has 0 saturated carbocycles.